The van der Waals surface area contributed by atoms with Gasteiger partial charge in [0.25, 0.3) is 5.91 Å². The van der Waals surface area contributed by atoms with Crippen LogP contribution in [-0.4, -0.2) is 17.4 Å². The molecular formula is C20H21NO. The van der Waals surface area contributed by atoms with E-state index in [9.17, 15) is 4.79 Å². The molecule has 1 aliphatic heterocycles. The minimum atomic E-state index is 0.0659. The second-order valence-electron chi connectivity index (χ2n) is 5.93. The Labute approximate surface area is 132 Å². The van der Waals surface area contributed by atoms with Gasteiger partial charge in [-0.05, 0) is 42.0 Å². The SMILES string of the molecule is C=C1C(C)CCCN1C(=O)c1ccc(-c2ccccc2)cc1. The van der Waals surface area contributed by atoms with Gasteiger partial charge in [0.05, 0.1) is 0 Å². The van der Waals surface area contributed by atoms with E-state index in [0.29, 0.717) is 5.92 Å². The van der Waals surface area contributed by atoms with Gasteiger partial charge in [-0.3, -0.25) is 4.79 Å². The molecule has 1 saturated heterocycles. The van der Waals surface area contributed by atoms with E-state index in [2.05, 4.69) is 25.6 Å². The first-order valence-electron chi connectivity index (χ1n) is 7.83. The van der Waals surface area contributed by atoms with E-state index in [1.165, 1.54) is 0 Å². The summed E-state index contributed by atoms with van der Waals surface area (Å²) in [7, 11) is 0. The number of likely N-dealkylation sites (tertiary alicyclic amines) is 1. The minimum Gasteiger partial charge on any atom is -0.312 e. The maximum absolute atomic E-state index is 12.7. The molecule has 0 aliphatic carbocycles. The maximum Gasteiger partial charge on any atom is 0.257 e. The lowest BCUT2D eigenvalue weighted by Gasteiger charge is -2.33. The number of nitrogens with zero attached hydrogens (tertiary/aromatic N) is 1. The molecule has 2 nitrogen and oxygen atoms in total. The first-order chi connectivity index (χ1) is 10.7. The lowest BCUT2D eigenvalue weighted by atomic mass is 9.95. The number of allylic oxidation sites excluding steroid dienone is 1. The third-order valence-electron chi connectivity index (χ3n) is 4.42. The molecule has 1 atom stereocenters. The third-order valence-corrected chi connectivity index (χ3v) is 4.42. The van der Waals surface area contributed by atoms with Crippen LogP contribution >= 0.6 is 0 Å². The van der Waals surface area contributed by atoms with Gasteiger partial charge >= 0.3 is 0 Å². The zero-order chi connectivity index (χ0) is 15.5. The molecule has 3 rings (SSSR count). The Kier molecular flexibility index (Phi) is 4.10. The van der Waals surface area contributed by atoms with Gasteiger partial charge in [0.2, 0.25) is 0 Å². The number of piperidine rings is 1. The van der Waals surface area contributed by atoms with E-state index in [4.69, 9.17) is 0 Å². The summed E-state index contributed by atoms with van der Waals surface area (Å²) in [5.41, 5.74) is 3.97. The van der Waals surface area contributed by atoms with Gasteiger partial charge < -0.3 is 4.90 Å². The highest BCUT2D eigenvalue weighted by atomic mass is 16.2. The molecule has 1 amide bonds. The zero-order valence-corrected chi connectivity index (χ0v) is 13.0. The summed E-state index contributed by atoms with van der Waals surface area (Å²) in [4.78, 5) is 14.5. The van der Waals surface area contributed by atoms with Crippen LogP contribution in [-0.2, 0) is 0 Å². The van der Waals surface area contributed by atoms with Gasteiger partial charge in [-0.15, -0.1) is 0 Å². The van der Waals surface area contributed by atoms with Gasteiger partial charge in [-0.2, -0.15) is 0 Å². The summed E-state index contributed by atoms with van der Waals surface area (Å²) in [5, 5.41) is 0. The molecule has 1 fully saturated rings. The fourth-order valence-corrected chi connectivity index (χ4v) is 2.96. The van der Waals surface area contributed by atoms with Crippen molar-refractivity contribution < 1.29 is 4.79 Å². The lowest BCUT2D eigenvalue weighted by molar-refractivity contribution is 0.0763. The number of carbonyl (C=O) groups is 1. The molecule has 2 aromatic rings. The molecule has 1 heterocycles. The van der Waals surface area contributed by atoms with Crippen molar-refractivity contribution in [2.24, 2.45) is 5.92 Å². The maximum atomic E-state index is 12.7. The van der Waals surface area contributed by atoms with Gasteiger partial charge in [-0.1, -0.05) is 56.0 Å². The molecule has 112 valence electrons. The molecule has 22 heavy (non-hydrogen) atoms. The number of rotatable bonds is 2. The monoisotopic (exact) mass is 291 g/mol. The number of carbonyl (C=O) groups excluding carboxylic acids is 1. The number of hydrogen-bond acceptors (Lipinski definition) is 1. The van der Waals surface area contributed by atoms with Crippen molar-refractivity contribution in [2.75, 3.05) is 6.54 Å². The third kappa shape index (κ3) is 2.82. The van der Waals surface area contributed by atoms with Gasteiger partial charge in [0.1, 0.15) is 0 Å². The summed E-state index contributed by atoms with van der Waals surface area (Å²) in [5.74, 6) is 0.456. The van der Waals surface area contributed by atoms with Crippen LogP contribution in [0.25, 0.3) is 11.1 Å². The van der Waals surface area contributed by atoms with Crippen molar-refractivity contribution in [3.05, 3.63) is 72.4 Å². The fourth-order valence-electron chi connectivity index (χ4n) is 2.96. The largest absolute Gasteiger partial charge is 0.312 e. The summed E-state index contributed by atoms with van der Waals surface area (Å²) in [6.45, 7) is 7.01. The molecule has 1 aliphatic rings. The van der Waals surface area contributed by atoms with E-state index >= 15 is 0 Å². The van der Waals surface area contributed by atoms with Crippen molar-refractivity contribution in [3.8, 4) is 11.1 Å². The average Bonchev–Trinajstić information content (AvgIpc) is 2.58. The van der Waals surface area contributed by atoms with Gasteiger partial charge in [0, 0.05) is 17.8 Å². The highest BCUT2D eigenvalue weighted by Crippen LogP contribution is 2.27. The van der Waals surface area contributed by atoms with Crippen molar-refractivity contribution in [1.29, 1.82) is 0 Å². The van der Waals surface area contributed by atoms with Gasteiger partial charge in [0.15, 0.2) is 0 Å². The van der Waals surface area contributed by atoms with E-state index in [0.717, 1.165) is 41.8 Å². The predicted octanol–water partition coefficient (Wildman–Crippen LogP) is 4.74. The highest BCUT2D eigenvalue weighted by Gasteiger charge is 2.25. The Balaban J connectivity index is 1.81. The molecule has 0 bridgehead atoms. The van der Waals surface area contributed by atoms with Crippen LogP contribution in [0.2, 0.25) is 0 Å². The highest BCUT2D eigenvalue weighted by molar-refractivity contribution is 5.95. The Morgan fingerprint density at radius 1 is 1.05 bits per heavy atom. The Hall–Kier alpha value is -2.35. The summed E-state index contributed by atoms with van der Waals surface area (Å²) in [6.07, 6.45) is 2.17. The minimum absolute atomic E-state index is 0.0659. The average molecular weight is 291 g/mol. The van der Waals surface area contributed by atoms with Crippen LogP contribution in [0.3, 0.4) is 0 Å². The molecule has 0 spiro atoms. The van der Waals surface area contributed by atoms with Crippen LogP contribution in [0.4, 0.5) is 0 Å². The van der Waals surface area contributed by atoms with Crippen molar-refractivity contribution in [1.82, 2.24) is 4.90 Å². The van der Waals surface area contributed by atoms with Crippen LogP contribution in [0.15, 0.2) is 66.9 Å². The molecule has 0 aromatic heterocycles. The van der Waals surface area contributed by atoms with Crippen molar-refractivity contribution in [3.63, 3.8) is 0 Å². The van der Waals surface area contributed by atoms with Crippen molar-refractivity contribution >= 4 is 5.91 Å². The van der Waals surface area contributed by atoms with Crippen LogP contribution in [0.5, 0.6) is 0 Å². The second-order valence-corrected chi connectivity index (χ2v) is 5.93. The summed E-state index contributed by atoms with van der Waals surface area (Å²) in [6, 6.07) is 18.0. The van der Waals surface area contributed by atoms with Crippen LogP contribution < -0.4 is 0 Å². The number of benzene rings is 2. The Morgan fingerprint density at radius 3 is 2.36 bits per heavy atom. The molecule has 0 N–H and O–H groups in total. The molecule has 2 aromatic carbocycles. The molecule has 0 radical (unpaired) electrons. The quantitative estimate of drug-likeness (QED) is 0.782. The first-order valence-corrected chi connectivity index (χ1v) is 7.83. The number of amides is 1. The normalized spacial score (nSPS) is 18.3. The number of hydrogen-bond donors (Lipinski definition) is 0. The summed E-state index contributed by atoms with van der Waals surface area (Å²) < 4.78 is 0. The zero-order valence-electron chi connectivity index (χ0n) is 13.0. The Bertz CT molecular complexity index is 673. The van der Waals surface area contributed by atoms with E-state index < -0.39 is 0 Å². The van der Waals surface area contributed by atoms with Crippen LogP contribution in [0, 0.1) is 5.92 Å². The van der Waals surface area contributed by atoms with E-state index in [-0.39, 0.29) is 5.91 Å². The molecule has 2 heteroatoms. The fraction of sp³-hybridized carbons (Fsp3) is 0.250. The second kappa shape index (κ2) is 6.18. The standard InChI is InChI=1S/C20H21NO/c1-15-7-6-14-21(16(15)2)20(22)19-12-10-18(11-13-19)17-8-4-3-5-9-17/h3-5,8-13,15H,2,6-7,14H2,1H3. The predicted molar refractivity (Wildman–Crippen MR) is 90.5 cm³/mol. The summed E-state index contributed by atoms with van der Waals surface area (Å²) >= 11 is 0. The van der Waals surface area contributed by atoms with E-state index in [1.807, 2.05) is 47.4 Å². The van der Waals surface area contributed by atoms with E-state index in [1.54, 1.807) is 0 Å². The van der Waals surface area contributed by atoms with Gasteiger partial charge in [-0.25, -0.2) is 0 Å². The first kappa shape index (κ1) is 14.6. The van der Waals surface area contributed by atoms with Crippen molar-refractivity contribution in [2.45, 2.75) is 19.8 Å². The molecule has 0 saturated carbocycles. The molecule has 1 unspecified atom stereocenters. The lowest BCUT2D eigenvalue weighted by Crippen LogP contribution is -2.36. The van der Waals surface area contributed by atoms with Crippen LogP contribution in [0.1, 0.15) is 30.1 Å². The molecular weight excluding hydrogens is 270 g/mol. The smallest absolute Gasteiger partial charge is 0.257 e. The Morgan fingerprint density at radius 2 is 1.68 bits per heavy atom. The topological polar surface area (TPSA) is 20.3 Å².